The maximum atomic E-state index is 13.0. The van der Waals surface area contributed by atoms with Crippen LogP contribution in [-0.2, 0) is 10.9 Å². The van der Waals surface area contributed by atoms with Crippen molar-refractivity contribution >= 4 is 17.7 Å². The summed E-state index contributed by atoms with van der Waals surface area (Å²) in [4.78, 5) is 15.6. The van der Waals surface area contributed by atoms with Gasteiger partial charge in [0.1, 0.15) is 24.0 Å². The first kappa shape index (κ1) is 24.0. The predicted octanol–water partition coefficient (Wildman–Crippen LogP) is 4.69. The van der Waals surface area contributed by atoms with E-state index in [9.17, 15) is 28.2 Å². The van der Waals surface area contributed by atoms with Crippen molar-refractivity contribution in [2.45, 2.75) is 24.3 Å². The zero-order valence-electron chi connectivity index (χ0n) is 17.6. The Balaban J connectivity index is 1.35. The van der Waals surface area contributed by atoms with E-state index in [1.807, 2.05) is 48.5 Å². The average molecular weight is 493 g/mol. The van der Waals surface area contributed by atoms with Gasteiger partial charge in [-0.3, -0.25) is 0 Å². The Morgan fingerprint density at radius 3 is 2.26 bits per heavy atom. The quantitative estimate of drug-likeness (QED) is 0.434. The van der Waals surface area contributed by atoms with Gasteiger partial charge in [0.05, 0.1) is 5.56 Å². The third-order valence-corrected chi connectivity index (χ3v) is 5.97. The molecule has 1 aliphatic carbocycles. The Kier molecular flexibility index (Phi) is 6.79. The number of rotatable bonds is 6. The Morgan fingerprint density at radius 1 is 1.09 bits per heavy atom. The standard InChI is InChI=1S/C24H20ClF3N2O4/c25-22-19(24(26,27)28)9-13(10-29-22)21(32)20(31)11-30-23(33)34-12-18-16-7-3-1-5-14(16)15-6-2-4-8-17(15)18/h1-10,18,20-21,31-32H,11-12H2,(H,30,33). The number of pyridine rings is 1. The van der Waals surface area contributed by atoms with Crippen molar-refractivity contribution in [1.82, 2.24) is 10.3 Å². The second-order valence-electron chi connectivity index (χ2n) is 7.82. The molecule has 1 aliphatic rings. The smallest absolute Gasteiger partial charge is 0.419 e. The SMILES string of the molecule is O=C(NCC(O)C(O)c1cnc(Cl)c(C(F)(F)F)c1)OCC1c2ccccc2-c2ccccc21. The fraction of sp³-hybridized carbons (Fsp3) is 0.250. The Bertz CT molecular complexity index is 1160. The molecule has 0 bridgehead atoms. The Morgan fingerprint density at radius 2 is 1.68 bits per heavy atom. The number of carbonyl (C=O) groups excluding carboxylic acids is 1. The summed E-state index contributed by atoms with van der Waals surface area (Å²) in [7, 11) is 0. The van der Waals surface area contributed by atoms with Gasteiger partial charge in [0.25, 0.3) is 0 Å². The number of hydrogen-bond donors (Lipinski definition) is 3. The third-order valence-electron chi connectivity index (χ3n) is 5.67. The molecular formula is C24H20ClF3N2O4. The number of nitrogens with one attached hydrogen (secondary N) is 1. The number of nitrogens with zero attached hydrogens (tertiary/aromatic N) is 1. The number of benzene rings is 2. The summed E-state index contributed by atoms with van der Waals surface area (Å²) in [5, 5.41) is 21.9. The first-order chi connectivity index (χ1) is 16.2. The van der Waals surface area contributed by atoms with E-state index in [1.165, 1.54) is 0 Å². The number of alkyl carbamates (subject to hydrolysis) is 1. The molecule has 4 rings (SSSR count). The van der Waals surface area contributed by atoms with Crippen molar-refractivity contribution in [1.29, 1.82) is 0 Å². The number of hydrogen-bond acceptors (Lipinski definition) is 5. The third kappa shape index (κ3) is 4.86. The van der Waals surface area contributed by atoms with E-state index in [0.717, 1.165) is 28.5 Å². The van der Waals surface area contributed by atoms with E-state index in [1.54, 1.807) is 0 Å². The Hall–Kier alpha value is -3.14. The topological polar surface area (TPSA) is 91.7 Å². The zero-order chi connectivity index (χ0) is 24.5. The minimum Gasteiger partial charge on any atom is -0.449 e. The van der Waals surface area contributed by atoms with Crippen molar-refractivity contribution < 1.29 is 32.9 Å². The number of amides is 1. The van der Waals surface area contributed by atoms with Crippen LogP contribution in [0.15, 0.2) is 60.8 Å². The molecule has 10 heteroatoms. The van der Waals surface area contributed by atoms with Crippen LogP contribution in [0.25, 0.3) is 11.1 Å². The lowest BCUT2D eigenvalue weighted by Crippen LogP contribution is -2.36. The highest BCUT2D eigenvalue weighted by molar-refractivity contribution is 6.30. The number of halogens is 4. The van der Waals surface area contributed by atoms with Crippen molar-refractivity contribution in [2.24, 2.45) is 0 Å². The molecule has 3 N–H and O–H groups in total. The fourth-order valence-electron chi connectivity index (χ4n) is 4.00. The van der Waals surface area contributed by atoms with Crippen LogP contribution in [0.4, 0.5) is 18.0 Å². The van der Waals surface area contributed by atoms with Crippen LogP contribution in [0.2, 0.25) is 5.15 Å². The molecule has 0 aliphatic heterocycles. The second-order valence-corrected chi connectivity index (χ2v) is 8.18. The zero-order valence-corrected chi connectivity index (χ0v) is 18.3. The van der Waals surface area contributed by atoms with Crippen molar-refractivity contribution in [2.75, 3.05) is 13.2 Å². The molecule has 34 heavy (non-hydrogen) atoms. The number of carbonyl (C=O) groups is 1. The van der Waals surface area contributed by atoms with Crippen molar-refractivity contribution in [3.63, 3.8) is 0 Å². The predicted molar refractivity (Wildman–Crippen MR) is 118 cm³/mol. The van der Waals surface area contributed by atoms with Gasteiger partial charge in [-0.2, -0.15) is 13.2 Å². The maximum Gasteiger partial charge on any atom is 0.419 e. The molecule has 1 amide bonds. The van der Waals surface area contributed by atoms with Gasteiger partial charge >= 0.3 is 12.3 Å². The van der Waals surface area contributed by atoms with E-state index < -0.39 is 41.7 Å². The molecule has 6 nitrogen and oxygen atoms in total. The lowest BCUT2D eigenvalue weighted by atomic mass is 9.98. The van der Waals surface area contributed by atoms with Gasteiger partial charge in [0.15, 0.2) is 0 Å². The summed E-state index contributed by atoms with van der Waals surface area (Å²) in [6, 6.07) is 16.2. The molecule has 2 atom stereocenters. The number of alkyl halides is 3. The number of aliphatic hydroxyl groups is 2. The number of aliphatic hydroxyl groups excluding tert-OH is 2. The monoisotopic (exact) mass is 492 g/mol. The molecule has 178 valence electrons. The molecule has 1 aromatic heterocycles. The minimum atomic E-state index is -4.77. The van der Waals surface area contributed by atoms with Crippen LogP contribution in [0, 0.1) is 0 Å². The van der Waals surface area contributed by atoms with Crippen LogP contribution < -0.4 is 5.32 Å². The summed E-state index contributed by atoms with van der Waals surface area (Å²) in [6.07, 6.45) is -8.02. The van der Waals surface area contributed by atoms with E-state index in [0.29, 0.717) is 6.07 Å². The van der Waals surface area contributed by atoms with Gasteiger partial charge in [-0.1, -0.05) is 60.1 Å². The lowest BCUT2D eigenvalue weighted by molar-refractivity contribution is -0.137. The summed E-state index contributed by atoms with van der Waals surface area (Å²) in [5.41, 5.74) is 2.67. The average Bonchev–Trinajstić information content (AvgIpc) is 3.14. The highest BCUT2D eigenvalue weighted by Crippen LogP contribution is 2.44. The number of aromatic nitrogens is 1. The first-order valence-electron chi connectivity index (χ1n) is 10.3. The molecule has 0 spiro atoms. The molecular weight excluding hydrogens is 473 g/mol. The molecule has 0 saturated heterocycles. The normalized spacial score (nSPS) is 14.8. The molecule has 0 saturated carbocycles. The van der Waals surface area contributed by atoms with Gasteiger partial charge in [0, 0.05) is 24.2 Å². The summed E-state index contributed by atoms with van der Waals surface area (Å²) >= 11 is 5.47. The molecule has 3 aromatic rings. The first-order valence-corrected chi connectivity index (χ1v) is 10.7. The summed E-state index contributed by atoms with van der Waals surface area (Å²) in [6.45, 7) is -0.406. The highest BCUT2D eigenvalue weighted by atomic mass is 35.5. The number of fused-ring (bicyclic) bond motifs is 3. The van der Waals surface area contributed by atoms with E-state index in [4.69, 9.17) is 16.3 Å². The highest BCUT2D eigenvalue weighted by Gasteiger charge is 2.35. The van der Waals surface area contributed by atoms with Gasteiger partial charge in [-0.05, 0) is 28.3 Å². The lowest BCUT2D eigenvalue weighted by Gasteiger charge is -2.20. The number of ether oxygens (including phenoxy) is 1. The van der Waals surface area contributed by atoms with Crippen LogP contribution in [-0.4, -0.2) is 40.5 Å². The second kappa shape index (κ2) is 9.61. The van der Waals surface area contributed by atoms with Crippen LogP contribution in [0.1, 0.15) is 34.3 Å². The maximum absolute atomic E-state index is 13.0. The largest absolute Gasteiger partial charge is 0.449 e. The fourth-order valence-corrected chi connectivity index (χ4v) is 4.21. The van der Waals surface area contributed by atoms with Gasteiger partial charge < -0.3 is 20.3 Å². The molecule has 0 fully saturated rings. The summed E-state index contributed by atoms with van der Waals surface area (Å²) < 4.78 is 44.3. The van der Waals surface area contributed by atoms with Crippen LogP contribution in [0.5, 0.6) is 0 Å². The van der Waals surface area contributed by atoms with Gasteiger partial charge in [0.2, 0.25) is 0 Å². The van der Waals surface area contributed by atoms with Crippen molar-refractivity contribution in [3.8, 4) is 11.1 Å². The van der Waals surface area contributed by atoms with Crippen LogP contribution >= 0.6 is 11.6 Å². The minimum absolute atomic E-state index is 0.0502. The van der Waals surface area contributed by atoms with Gasteiger partial charge in [-0.25, -0.2) is 9.78 Å². The molecule has 2 aromatic carbocycles. The van der Waals surface area contributed by atoms with Gasteiger partial charge in [-0.15, -0.1) is 0 Å². The molecule has 0 radical (unpaired) electrons. The van der Waals surface area contributed by atoms with E-state index in [-0.39, 0.29) is 18.1 Å². The Labute approximate surface area is 198 Å². The van der Waals surface area contributed by atoms with Crippen molar-refractivity contribution in [3.05, 3.63) is 88.2 Å². The summed E-state index contributed by atoms with van der Waals surface area (Å²) in [5.74, 6) is -0.158. The molecule has 1 heterocycles. The van der Waals surface area contributed by atoms with E-state index >= 15 is 0 Å². The van der Waals surface area contributed by atoms with Crippen LogP contribution in [0.3, 0.4) is 0 Å². The van der Waals surface area contributed by atoms with E-state index in [2.05, 4.69) is 10.3 Å². The molecule has 2 unspecified atom stereocenters.